The topological polar surface area (TPSA) is 131 Å². The molecule has 172 valence electrons. The summed E-state index contributed by atoms with van der Waals surface area (Å²) in [6, 6.07) is 18.3. The van der Waals surface area contributed by atoms with E-state index in [0.29, 0.717) is 24.6 Å². The molecule has 4 aromatic rings. The molecule has 4 N–H and O–H groups in total. The van der Waals surface area contributed by atoms with E-state index in [4.69, 9.17) is 20.2 Å². The Labute approximate surface area is 186 Å². The Morgan fingerprint density at radius 3 is 2.30 bits per heavy atom. The van der Waals surface area contributed by atoms with Crippen LogP contribution in [-0.2, 0) is 17.6 Å². The SMILES string of the molecule is N[C@@H](Cc1c[nH]cn1)c1nc(Cc2ccc(-c3ccccc3)cc2)no1.O=C(O)C(F)(F)F. The first kappa shape index (κ1) is 23.7. The van der Waals surface area contributed by atoms with E-state index < -0.39 is 12.1 Å². The number of halogens is 3. The standard InChI is InChI=1S/C20H19N5O.C2HF3O2/c21-18(11-17-12-22-13-23-17)20-24-19(25-26-20)10-14-6-8-16(9-7-14)15-4-2-1-3-5-15;3-2(4,5)1(6)7/h1-9,12-13,18H,10-11,21H2,(H,22,23);(H,6,7)/t18-;/m0./s1. The van der Waals surface area contributed by atoms with Gasteiger partial charge in [0.2, 0.25) is 5.89 Å². The number of nitrogens with zero attached hydrogens (tertiary/aromatic N) is 3. The number of hydrogen-bond acceptors (Lipinski definition) is 6. The van der Waals surface area contributed by atoms with E-state index in [1.54, 1.807) is 6.33 Å². The van der Waals surface area contributed by atoms with Gasteiger partial charge in [-0.2, -0.15) is 18.2 Å². The molecule has 0 saturated heterocycles. The lowest BCUT2D eigenvalue weighted by molar-refractivity contribution is -0.192. The summed E-state index contributed by atoms with van der Waals surface area (Å²) >= 11 is 0. The molecule has 0 bridgehead atoms. The molecule has 1 atom stereocenters. The van der Waals surface area contributed by atoms with Crippen LogP contribution in [0.2, 0.25) is 0 Å². The number of nitrogens with two attached hydrogens (primary N) is 1. The molecule has 0 amide bonds. The Hall–Kier alpha value is -3.99. The number of hydrogen-bond donors (Lipinski definition) is 3. The second kappa shape index (κ2) is 10.6. The van der Waals surface area contributed by atoms with Gasteiger partial charge >= 0.3 is 12.1 Å². The van der Waals surface area contributed by atoms with Crippen LogP contribution in [0.5, 0.6) is 0 Å². The molecule has 0 spiro atoms. The summed E-state index contributed by atoms with van der Waals surface area (Å²) in [6.07, 6.45) is -0.490. The fraction of sp³-hybridized carbons (Fsp3) is 0.182. The molecule has 2 aromatic heterocycles. The molecular weight excluding hydrogens is 439 g/mol. The van der Waals surface area contributed by atoms with Crippen molar-refractivity contribution in [2.75, 3.05) is 0 Å². The quantitative estimate of drug-likeness (QED) is 0.398. The third-order valence-electron chi connectivity index (χ3n) is 4.45. The first-order valence-corrected chi connectivity index (χ1v) is 9.72. The Morgan fingerprint density at radius 1 is 1.09 bits per heavy atom. The fourth-order valence-electron chi connectivity index (χ4n) is 2.83. The highest BCUT2D eigenvalue weighted by molar-refractivity contribution is 5.73. The molecule has 0 aliphatic rings. The minimum Gasteiger partial charge on any atom is -0.475 e. The van der Waals surface area contributed by atoms with Crippen molar-refractivity contribution in [3.8, 4) is 11.1 Å². The first-order chi connectivity index (χ1) is 15.7. The number of carboxylic acid groups (broad SMARTS) is 1. The molecule has 0 aliphatic heterocycles. The van der Waals surface area contributed by atoms with Crippen molar-refractivity contribution in [3.63, 3.8) is 0 Å². The number of imidazole rings is 1. The maximum absolute atomic E-state index is 10.6. The van der Waals surface area contributed by atoms with Gasteiger partial charge in [0.15, 0.2) is 5.82 Å². The van der Waals surface area contributed by atoms with Crippen molar-refractivity contribution in [3.05, 3.63) is 90.1 Å². The Bertz CT molecular complexity index is 1140. The summed E-state index contributed by atoms with van der Waals surface area (Å²) in [4.78, 5) is 20.4. The molecule has 0 unspecified atom stereocenters. The number of carboxylic acids is 1. The number of H-pyrrole nitrogens is 1. The van der Waals surface area contributed by atoms with Gasteiger partial charge in [-0.3, -0.25) is 0 Å². The lowest BCUT2D eigenvalue weighted by Crippen LogP contribution is -2.21. The fourth-order valence-corrected chi connectivity index (χ4v) is 2.83. The van der Waals surface area contributed by atoms with E-state index in [1.807, 2.05) is 24.4 Å². The molecule has 2 heterocycles. The lowest BCUT2D eigenvalue weighted by Gasteiger charge is -2.03. The minimum atomic E-state index is -5.08. The van der Waals surface area contributed by atoms with E-state index in [9.17, 15) is 13.2 Å². The molecule has 11 heteroatoms. The Kier molecular flexibility index (Phi) is 7.57. The normalized spacial score (nSPS) is 12.0. The number of benzene rings is 2. The van der Waals surface area contributed by atoms with Crippen LogP contribution in [0.3, 0.4) is 0 Å². The number of alkyl halides is 3. The predicted octanol–water partition coefficient (Wildman–Crippen LogP) is 3.93. The van der Waals surface area contributed by atoms with E-state index in [-0.39, 0.29) is 6.04 Å². The van der Waals surface area contributed by atoms with Gasteiger partial charge in [-0.15, -0.1) is 0 Å². The monoisotopic (exact) mass is 459 g/mol. The maximum atomic E-state index is 10.6. The molecule has 2 aromatic carbocycles. The molecule has 0 saturated carbocycles. The van der Waals surface area contributed by atoms with E-state index in [2.05, 4.69) is 56.5 Å². The van der Waals surface area contributed by atoms with Crippen LogP contribution in [0.1, 0.15) is 29.0 Å². The highest BCUT2D eigenvalue weighted by Gasteiger charge is 2.38. The first-order valence-electron chi connectivity index (χ1n) is 9.72. The number of aliphatic carboxylic acids is 1. The van der Waals surface area contributed by atoms with Crippen LogP contribution in [0.15, 0.2) is 71.6 Å². The van der Waals surface area contributed by atoms with Gasteiger partial charge in [-0.05, 0) is 16.7 Å². The van der Waals surface area contributed by atoms with Gasteiger partial charge in [0.25, 0.3) is 0 Å². The van der Waals surface area contributed by atoms with Crippen molar-refractivity contribution >= 4 is 5.97 Å². The van der Waals surface area contributed by atoms with E-state index in [1.165, 1.54) is 11.1 Å². The number of carbonyl (C=O) groups is 1. The summed E-state index contributed by atoms with van der Waals surface area (Å²) in [5.74, 6) is -1.69. The molecule has 33 heavy (non-hydrogen) atoms. The second-order valence-corrected chi connectivity index (χ2v) is 6.96. The predicted molar refractivity (Wildman–Crippen MR) is 112 cm³/mol. The van der Waals surface area contributed by atoms with Crippen LogP contribution in [0.25, 0.3) is 11.1 Å². The second-order valence-electron chi connectivity index (χ2n) is 6.96. The van der Waals surface area contributed by atoms with Crippen molar-refractivity contribution < 1.29 is 27.6 Å². The van der Waals surface area contributed by atoms with Crippen molar-refractivity contribution in [1.29, 1.82) is 0 Å². The third kappa shape index (κ3) is 7.01. The van der Waals surface area contributed by atoms with Crippen LogP contribution in [0, 0.1) is 0 Å². The number of aromatic nitrogens is 4. The van der Waals surface area contributed by atoms with Crippen molar-refractivity contribution in [1.82, 2.24) is 20.1 Å². The maximum Gasteiger partial charge on any atom is 0.490 e. The zero-order chi connectivity index (χ0) is 23.8. The zero-order valence-electron chi connectivity index (χ0n) is 17.2. The highest BCUT2D eigenvalue weighted by atomic mass is 19.4. The summed E-state index contributed by atoms with van der Waals surface area (Å²) in [5, 5.41) is 11.2. The Balaban J connectivity index is 0.000000383. The highest BCUT2D eigenvalue weighted by Crippen LogP contribution is 2.20. The molecule has 0 aliphatic carbocycles. The van der Waals surface area contributed by atoms with E-state index >= 15 is 0 Å². The summed E-state index contributed by atoms with van der Waals surface area (Å²) < 4.78 is 37.1. The third-order valence-corrected chi connectivity index (χ3v) is 4.45. The number of rotatable bonds is 6. The van der Waals surface area contributed by atoms with Crippen LogP contribution in [0.4, 0.5) is 13.2 Å². The average Bonchev–Trinajstić information content (AvgIpc) is 3.47. The Morgan fingerprint density at radius 2 is 1.73 bits per heavy atom. The molecule has 8 nitrogen and oxygen atoms in total. The van der Waals surface area contributed by atoms with Gasteiger partial charge in [0.05, 0.1) is 18.1 Å². The zero-order valence-corrected chi connectivity index (χ0v) is 17.2. The lowest BCUT2D eigenvalue weighted by atomic mass is 10.0. The molecule has 0 fully saturated rings. The minimum absolute atomic E-state index is 0.361. The van der Waals surface area contributed by atoms with Crippen LogP contribution in [-0.4, -0.2) is 37.4 Å². The van der Waals surface area contributed by atoms with Gasteiger partial charge in [0.1, 0.15) is 0 Å². The number of nitrogens with one attached hydrogen (secondary N) is 1. The molecule has 0 radical (unpaired) electrons. The number of aromatic amines is 1. The summed E-state index contributed by atoms with van der Waals surface area (Å²) in [7, 11) is 0. The van der Waals surface area contributed by atoms with Gasteiger partial charge in [-0.1, -0.05) is 59.8 Å². The van der Waals surface area contributed by atoms with Crippen molar-refractivity contribution in [2.45, 2.75) is 25.1 Å². The molecular formula is C22H20F3N5O3. The average molecular weight is 459 g/mol. The largest absolute Gasteiger partial charge is 0.490 e. The molecule has 4 rings (SSSR count). The van der Waals surface area contributed by atoms with Crippen LogP contribution >= 0.6 is 0 Å². The smallest absolute Gasteiger partial charge is 0.475 e. The summed E-state index contributed by atoms with van der Waals surface area (Å²) in [5.41, 5.74) is 10.5. The van der Waals surface area contributed by atoms with Gasteiger partial charge in [-0.25, -0.2) is 9.78 Å². The van der Waals surface area contributed by atoms with Gasteiger partial charge < -0.3 is 20.3 Å². The van der Waals surface area contributed by atoms with E-state index in [0.717, 1.165) is 11.3 Å². The van der Waals surface area contributed by atoms with Gasteiger partial charge in [0, 0.05) is 19.0 Å². The summed E-state index contributed by atoms with van der Waals surface area (Å²) in [6.45, 7) is 0. The van der Waals surface area contributed by atoms with Crippen molar-refractivity contribution in [2.24, 2.45) is 5.73 Å². The van der Waals surface area contributed by atoms with Crippen LogP contribution < -0.4 is 5.73 Å².